The Hall–Kier alpha value is -3.79. The summed E-state index contributed by atoms with van der Waals surface area (Å²) in [6.07, 6.45) is 6.41. The van der Waals surface area contributed by atoms with Crippen LogP contribution >= 0.6 is 0 Å². The van der Waals surface area contributed by atoms with Gasteiger partial charge in [0.25, 0.3) is 5.91 Å². The molecule has 218 valence electrons. The molecule has 0 saturated heterocycles. The van der Waals surface area contributed by atoms with Crippen molar-refractivity contribution in [2.24, 2.45) is 11.1 Å². The van der Waals surface area contributed by atoms with E-state index in [1.54, 1.807) is 28.4 Å². The number of benzene rings is 1. The van der Waals surface area contributed by atoms with Crippen molar-refractivity contribution in [1.82, 2.24) is 9.80 Å². The fraction of sp³-hybridized carbons (Fsp3) is 0.500. The Labute approximate surface area is 237 Å². The van der Waals surface area contributed by atoms with E-state index in [0.717, 1.165) is 48.7 Å². The van der Waals surface area contributed by atoms with Gasteiger partial charge in [-0.1, -0.05) is 18.1 Å². The van der Waals surface area contributed by atoms with Gasteiger partial charge in [-0.15, -0.1) is 0 Å². The van der Waals surface area contributed by atoms with Crippen molar-refractivity contribution in [3.8, 4) is 11.5 Å². The summed E-state index contributed by atoms with van der Waals surface area (Å²) < 4.78 is 21.8. The quantitative estimate of drug-likeness (QED) is 0.274. The number of ether oxygens (including phenoxy) is 4. The Morgan fingerprint density at radius 2 is 1.77 bits per heavy atom. The molecule has 0 aliphatic heterocycles. The molecule has 0 aromatic heterocycles. The molecule has 1 unspecified atom stereocenters. The van der Waals surface area contributed by atoms with E-state index in [2.05, 4.69) is 24.0 Å². The molecule has 0 bridgehead atoms. The van der Waals surface area contributed by atoms with Gasteiger partial charge in [0.1, 0.15) is 11.5 Å². The Morgan fingerprint density at radius 1 is 1.02 bits per heavy atom. The molecule has 2 aliphatic rings. The lowest BCUT2D eigenvalue weighted by molar-refractivity contribution is -0.126. The van der Waals surface area contributed by atoms with Crippen LogP contribution in [-0.4, -0.2) is 87.5 Å². The number of carbonyl (C=O) groups excluding carboxylic acids is 1. The highest BCUT2D eigenvalue weighted by atomic mass is 16.5. The molecule has 1 amide bonds. The van der Waals surface area contributed by atoms with Crippen LogP contribution in [0.5, 0.6) is 11.5 Å². The normalized spacial score (nSPS) is 18.4. The van der Waals surface area contributed by atoms with Gasteiger partial charge in [-0.25, -0.2) is 0 Å². The van der Waals surface area contributed by atoms with Crippen molar-refractivity contribution < 1.29 is 28.9 Å². The number of methoxy groups -OCH3 is 4. The van der Waals surface area contributed by atoms with Crippen LogP contribution in [0.1, 0.15) is 38.2 Å². The van der Waals surface area contributed by atoms with Gasteiger partial charge in [0.05, 0.1) is 34.2 Å². The van der Waals surface area contributed by atoms with E-state index in [4.69, 9.17) is 29.6 Å². The van der Waals surface area contributed by atoms with E-state index in [1.165, 1.54) is 6.08 Å². The van der Waals surface area contributed by atoms with Crippen molar-refractivity contribution in [3.63, 3.8) is 0 Å². The average Bonchev–Trinajstić information content (AvgIpc) is 2.97. The number of nitrogens with one attached hydrogen (secondary N) is 1. The fourth-order valence-corrected chi connectivity index (χ4v) is 5.02. The number of oxime groups is 1. The zero-order chi connectivity index (χ0) is 29.2. The van der Waals surface area contributed by atoms with Crippen molar-refractivity contribution >= 4 is 17.3 Å². The summed E-state index contributed by atoms with van der Waals surface area (Å²) in [5.41, 5.74) is 2.92. The summed E-state index contributed by atoms with van der Waals surface area (Å²) >= 11 is 0. The number of carbonyl (C=O) groups is 1. The summed E-state index contributed by atoms with van der Waals surface area (Å²) in [5, 5.41) is 20.5. The minimum atomic E-state index is -0.135. The Morgan fingerprint density at radius 3 is 2.40 bits per heavy atom. The third-order valence-corrected chi connectivity index (χ3v) is 7.38. The smallest absolute Gasteiger partial charge is 0.254 e. The number of likely N-dealkylation sites (N-methyl/N-ethyl adjacent to an activating group) is 1. The molecule has 3 rings (SSSR count). The first-order chi connectivity index (χ1) is 19.3. The Balaban J connectivity index is 1.72. The van der Waals surface area contributed by atoms with E-state index in [1.807, 2.05) is 29.2 Å². The lowest BCUT2D eigenvalue weighted by Gasteiger charge is -2.34. The van der Waals surface area contributed by atoms with Crippen LogP contribution < -0.4 is 9.47 Å². The van der Waals surface area contributed by atoms with Crippen LogP contribution in [0.25, 0.3) is 0 Å². The molecule has 2 N–H and O–H groups in total. The second-order valence-electron chi connectivity index (χ2n) is 10.1. The second kappa shape index (κ2) is 14.6. The minimum absolute atomic E-state index is 0.0405. The van der Waals surface area contributed by atoms with Crippen LogP contribution in [0.2, 0.25) is 0 Å². The van der Waals surface area contributed by atoms with Gasteiger partial charge < -0.3 is 34.0 Å². The molecular weight excluding hydrogens is 512 g/mol. The van der Waals surface area contributed by atoms with Gasteiger partial charge in [-0.3, -0.25) is 10.2 Å². The molecule has 2 aliphatic carbocycles. The topological polar surface area (TPSA) is 117 Å². The zero-order valence-corrected chi connectivity index (χ0v) is 24.5. The van der Waals surface area contributed by atoms with E-state index in [-0.39, 0.29) is 17.5 Å². The van der Waals surface area contributed by atoms with Gasteiger partial charge in [-0.05, 0) is 63.0 Å². The predicted molar refractivity (Wildman–Crippen MR) is 154 cm³/mol. The minimum Gasteiger partial charge on any atom is -0.497 e. The predicted octanol–water partition coefficient (Wildman–Crippen LogP) is 4.40. The number of allylic oxidation sites excluding steroid dienone is 4. The summed E-state index contributed by atoms with van der Waals surface area (Å²) in [6, 6.07) is 5.97. The fourth-order valence-electron chi connectivity index (χ4n) is 5.02. The lowest BCUT2D eigenvalue weighted by Crippen LogP contribution is -2.38. The molecular formula is C30H42N4O6. The van der Waals surface area contributed by atoms with Gasteiger partial charge >= 0.3 is 0 Å². The molecule has 40 heavy (non-hydrogen) atoms. The van der Waals surface area contributed by atoms with Crippen LogP contribution in [-0.2, 0) is 20.7 Å². The lowest BCUT2D eigenvalue weighted by atomic mass is 9.92. The van der Waals surface area contributed by atoms with Crippen LogP contribution in [0.3, 0.4) is 0 Å². The highest BCUT2D eigenvalue weighted by Gasteiger charge is 2.31. The number of nitrogens with zero attached hydrogens (tertiary/aromatic N) is 3. The summed E-state index contributed by atoms with van der Waals surface area (Å²) in [5.74, 6) is 2.70. The molecule has 1 aromatic carbocycles. The molecule has 0 radical (unpaired) electrons. The molecule has 10 heteroatoms. The first-order valence-corrected chi connectivity index (χ1v) is 13.5. The summed E-state index contributed by atoms with van der Waals surface area (Å²) in [7, 11) is 8.56. The Kier molecular flexibility index (Phi) is 11.2. The molecule has 0 heterocycles. The average molecular weight is 555 g/mol. The van der Waals surface area contributed by atoms with Crippen LogP contribution in [0.4, 0.5) is 0 Å². The van der Waals surface area contributed by atoms with Gasteiger partial charge in [0, 0.05) is 42.8 Å². The summed E-state index contributed by atoms with van der Waals surface area (Å²) in [4.78, 5) is 17.9. The molecule has 1 atom stereocenters. The second-order valence-corrected chi connectivity index (χ2v) is 10.1. The van der Waals surface area contributed by atoms with Crippen molar-refractivity contribution in [2.45, 2.75) is 39.0 Å². The molecule has 1 aromatic rings. The maximum atomic E-state index is 13.8. The monoisotopic (exact) mass is 554 g/mol. The number of hydrogen-bond acceptors (Lipinski definition) is 9. The standard InChI is InChI=1S/C30H42N4O6/c1-20-16-27(38-4)29(40-6)19-25(20)34(30(35)22-9-10-24(32-36)23(31)18-22)14-7-13-33(2)15-12-21-8-11-26(37-3)28(17-21)39-5/h8,11,17-20,31,36H,7,9-10,12-16H2,1-6H3/b31-23?,32-24-. The summed E-state index contributed by atoms with van der Waals surface area (Å²) in [6.45, 7) is 4.23. The van der Waals surface area contributed by atoms with E-state index < -0.39 is 0 Å². The Bertz CT molecular complexity index is 1200. The third kappa shape index (κ3) is 7.44. The first kappa shape index (κ1) is 30.7. The van der Waals surface area contributed by atoms with E-state index in [9.17, 15) is 4.79 Å². The van der Waals surface area contributed by atoms with Crippen molar-refractivity contribution in [1.29, 1.82) is 5.41 Å². The largest absolute Gasteiger partial charge is 0.497 e. The highest BCUT2D eigenvalue weighted by molar-refractivity contribution is 6.46. The van der Waals surface area contributed by atoms with Gasteiger partial charge in [0.2, 0.25) is 0 Å². The molecule has 10 nitrogen and oxygen atoms in total. The zero-order valence-electron chi connectivity index (χ0n) is 24.5. The molecule has 0 saturated carbocycles. The first-order valence-electron chi connectivity index (χ1n) is 13.5. The third-order valence-electron chi connectivity index (χ3n) is 7.38. The molecule has 0 fully saturated rings. The van der Waals surface area contributed by atoms with Gasteiger partial charge in [-0.2, -0.15) is 0 Å². The van der Waals surface area contributed by atoms with E-state index >= 15 is 0 Å². The maximum absolute atomic E-state index is 13.8. The SMILES string of the molecule is COC1=C(OC)CC(C)C(N(CCCN(C)CCc2ccc(OC)c(OC)c2)C(=O)C2=CC(=N)/C(=N\O)CC2)=C1. The van der Waals surface area contributed by atoms with Crippen LogP contribution in [0, 0.1) is 11.3 Å². The maximum Gasteiger partial charge on any atom is 0.254 e. The van der Waals surface area contributed by atoms with Crippen molar-refractivity contribution in [2.75, 3.05) is 55.1 Å². The number of amides is 1. The van der Waals surface area contributed by atoms with E-state index in [0.29, 0.717) is 48.6 Å². The van der Waals surface area contributed by atoms with Gasteiger partial charge in [0.15, 0.2) is 17.3 Å². The number of rotatable bonds is 13. The number of hydrogen-bond donors (Lipinski definition) is 2. The highest BCUT2D eigenvalue weighted by Crippen LogP contribution is 2.33. The molecule has 0 spiro atoms. The van der Waals surface area contributed by atoms with Crippen molar-refractivity contribution in [3.05, 3.63) is 58.7 Å². The van der Waals surface area contributed by atoms with Crippen LogP contribution in [0.15, 0.2) is 58.3 Å².